The normalized spacial score (nSPS) is 11.0. The van der Waals surface area contributed by atoms with E-state index < -0.39 is 0 Å². The average molecular weight is 617 g/mol. The van der Waals surface area contributed by atoms with Crippen LogP contribution < -0.4 is 0 Å². The first-order chi connectivity index (χ1) is 17.2. The second kappa shape index (κ2) is 31.0. The van der Waals surface area contributed by atoms with Gasteiger partial charge in [-0.15, -0.1) is 70.6 Å². The van der Waals surface area contributed by atoms with Gasteiger partial charge in [0.2, 0.25) is 0 Å². The molecule has 16 heteroatoms. The molecule has 0 saturated heterocycles. The second-order valence-corrected chi connectivity index (χ2v) is 13.3. The molecule has 0 unspecified atom stereocenters. The zero-order chi connectivity index (χ0) is 25.7. The van der Waals surface area contributed by atoms with Crippen LogP contribution in [-0.2, 0) is 38.6 Å². The van der Waals surface area contributed by atoms with Gasteiger partial charge in [-0.25, -0.2) is 19.6 Å². The SMILES string of the molecule is O=C(CSCSCCOOCCSCSCCOC(=O)CSCSCCOOCCO)OCCO. The lowest BCUT2D eigenvalue weighted by atomic mass is 10.7. The monoisotopic (exact) mass is 616 g/mol. The standard InChI is InChI=1S/C19H36O10S6/c20-1-3-24-18(22)13-34-16-33-12-8-29-28-7-10-31-15-30-9-5-25-19(23)14-35-17-32-11-6-27-26-4-2-21/h20-21H,1-17H2. The number of esters is 2. The minimum Gasteiger partial charge on any atom is -0.464 e. The molecule has 2 N–H and O–H groups in total. The van der Waals surface area contributed by atoms with Crippen LogP contribution in [0.4, 0.5) is 0 Å². The number of hydrogen-bond donors (Lipinski definition) is 2. The number of aliphatic hydroxyl groups is 2. The van der Waals surface area contributed by atoms with Gasteiger partial charge in [-0.1, -0.05) is 0 Å². The number of thioether (sulfide) groups is 6. The predicted molar refractivity (Wildman–Crippen MR) is 149 cm³/mol. The molecule has 0 atom stereocenters. The molecule has 0 heterocycles. The summed E-state index contributed by atoms with van der Waals surface area (Å²) in [6.45, 7) is 1.85. The van der Waals surface area contributed by atoms with E-state index in [-0.39, 0.29) is 44.1 Å². The molecule has 35 heavy (non-hydrogen) atoms. The minimum atomic E-state index is -0.313. The highest BCUT2D eigenvalue weighted by Crippen LogP contribution is 2.14. The predicted octanol–water partition coefficient (Wildman–Crippen LogP) is 2.23. The Morgan fingerprint density at radius 2 is 0.857 bits per heavy atom. The molecule has 0 fully saturated rings. The smallest absolute Gasteiger partial charge is 0.316 e. The second-order valence-electron chi connectivity index (χ2n) is 5.86. The van der Waals surface area contributed by atoms with Gasteiger partial charge in [0.05, 0.1) is 44.5 Å². The average Bonchev–Trinajstić information content (AvgIpc) is 2.86. The van der Waals surface area contributed by atoms with E-state index in [0.29, 0.717) is 32.2 Å². The summed E-state index contributed by atoms with van der Waals surface area (Å²) in [5.41, 5.74) is 0. The number of hydrogen-bond acceptors (Lipinski definition) is 16. The van der Waals surface area contributed by atoms with Crippen LogP contribution in [0.1, 0.15) is 0 Å². The van der Waals surface area contributed by atoms with Crippen LogP contribution in [0.2, 0.25) is 0 Å². The molecule has 0 aromatic heterocycles. The maximum absolute atomic E-state index is 11.7. The van der Waals surface area contributed by atoms with E-state index in [1.807, 2.05) is 0 Å². The first-order valence-corrected chi connectivity index (χ1v) is 17.6. The fraction of sp³-hybridized carbons (Fsp3) is 0.895. The maximum Gasteiger partial charge on any atom is 0.316 e. The molecular formula is C19H36O10S6. The van der Waals surface area contributed by atoms with E-state index >= 15 is 0 Å². The first-order valence-electron chi connectivity index (χ1n) is 10.7. The largest absolute Gasteiger partial charge is 0.464 e. The molecule has 0 radical (unpaired) electrons. The first kappa shape index (κ1) is 35.8. The third kappa shape index (κ3) is 30.9. The molecular weight excluding hydrogens is 581 g/mol. The number of carbonyl (C=O) groups excluding carboxylic acids is 2. The highest BCUT2D eigenvalue weighted by Gasteiger charge is 2.04. The Hall–Kier alpha value is 0.800. The van der Waals surface area contributed by atoms with Gasteiger partial charge in [-0.3, -0.25) is 9.59 Å². The summed E-state index contributed by atoms with van der Waals surface area (Å²) >= 11 is 9.71. The molecule has 0 rings (SSSR count). The van der Waals surface area contributed by atoms with Gasteiger partial charge >= 0.3 is 11.9 Å². The van der Waals surface area contributed by atoms with Gasteiger partial charge < -0.3 is 19.7 Å². The summed E-state index contributed by atoms with van der Waals surface area (Å²) < 4.78 is 9.95. The van der Waals surface area contributed by atoms with Crippen molar-refractivity contribution in [2.24, 2.45) is 0 Å². The summed E-state index contributed by atoms with van der Waals surface area (Å²) in [6.07, 6.45) is 0. The van der Waals surface area contributed by atoms with Crippen molar-refractivity contribution in [3.8, 4) is 0 Å². The Morgan fingerprint density at radius 1 is 0.486 bits per heavy atom. The topological polar surface area (TPSA) is 130 Å². The van der Waals surface area contributed by atoms with Crippen LogP contribution >= 0.6 is 70.6 Å². The van der Waals surface area contributed by atoms with Gasteiger partial charge in [0.25, 0.3) is 0 Å². The van der Waals surface area contributed by atoms with Crippen molar-refractivity contribution in [2.45, 2.75) is 0 Å². The lowest BCUT2D eigenvalue weighted by molar-refractivity contribution is -0.293. The lowest BCUT2D eigenvalue weighted by Crippen LogP contribution is -2.10. The summed E-state index contributed by atoms with van der Waals surface area (Å²) in [6, 6.07) is 0. The van der Waals surface area contributed by atoms with E-state index in [2.05, 4.69) is 4.89 Å². The molecule has 0 aliphatic rings. The lowest BCUT2D eigenvalue weighted by Gasteiger charge is -2.06. The van der Waals surface area contributed by atoms with Crippen LogP contribution in [0, 0.1) is 0 Å². The molecule has 208 valence electrons. The van der Waals surface area contributed by atoms with Crippen molar-refractivity contribution in [2.75, 3.05) is 103 Å². The van der Waals surface area contributed by atoms with Crippen molar-refractivity contribution < 1.29 is 48.8 Å². The van der Waals surface area contributed by atoms with Gasteiger partial charge in [0, 0.05) is 38.3 Å². The Morgan fingerprint density at radius 3 is 1.31 bits per heavy atom. The van der Waals surface area contributed by atoms with E-state index in [1.54, 1.807) is 47.0 Å². The van der Waals surface area contributed by atoms with E-state index in [1.165, 1.54) is 23.5 Å². The van der Waals surface area contributed by atoms with E-state index in [4.69, 9.17) is 34.3 Å². The number of rotatable bonds is 28. The third-order valence-corrected chi connectivity index (χ3v) is 9.76. The summed E-state index contributed by atoms with van der Waals surface area (Å²) in [5, 5.41) is 19.5. The van der Waals surface area contributed by atoms with Gasteiger partial charge in [0.15, 0.2) is 0 Å². The van der Waals surface area contributed by atoms with Gasteiger partial charge in [0.1, 0.15) is 19.8 Å². The minimum absolute atomic E-state index is 0.0484. The van der Waals surface area contributed by atoms with Crippen LogP contribution in [-0.4, -0.2) is 125 Å². The zero-order valence-corrected chi connectivity index (χ0v) is 24.5. The summed E-state index contributed by atoms with van der Waals surface area (Å²) in [7, 11) is 0. The molecule has 0 spiro atoms. The number of aliphatic hydroxyl groups excluding tert-OH is 2. The molecule has 10 nitrogen and oxygen atoms in total. The van der Waals surface area contributed by atoms with E-state index in [9.17, 15) is 9.59 Å². The Kier molecular flexibility index (Phi) is 31.7. The molecule has 0 amide bonds. The molecule has 0 aliphatic carbocycles. The Labute approximate surface area is 232 Å². The van der Waals surface area contributed by atoms with Crippen molar-refractivity contribution >= 4 is 82.5 Å². The van der Waals surface area contributed by atoms with Gasteiger partial charge in [-0.05, 0) is 0 Å². The van der Waals surface area contributed by atoms with E-state index in [0.717, 1.165) is 38.3 Å². The van der Waals surface area contributed by atoms with Crippen molar-refractivity contribution in [1.82, 2.24) is 0 Å². The highest BCUT2D eigenvalue weighted by atomic mass is 32.2. The summed E-state index contributed by atoms with van der Waals surface area (Å²) in [5.74, 6) is 3.21. The Balaban J connectivity index is 3.17. The molecule has 0 aliphatic heterocycles. The number of carbonyl (C=O) groups is 2. The van der Waals surface area contributed by atoms with Crippen LogP contribution in [0.5, 0.6) is 0 Å². The fourth-order valence-corrected chi connectivity index (χ4v) is 6.90. The van der Waals surface area contributed by atoms with Crippen molar-refractivity contribution in [3.05, 3.63) is 0 Å². The highest BCUT2D eigenvalue weighted by molar-refractivity contribution is 8.16. The summed E-state index contributed by atoms with van der Waals surface area (Å²) in [4.78, 5) is 42.6. The molecule has 0 aromatic rings. The third-order valence-electron chi connectivity index (χ3n) is 3.06. The van der Waals surface area contributed by atoms with Crippen LogP contribution in [0.15, 0.2) is 0 Å². The Bertz CT molecular complexity index is 481. The molecule has 0 saturated carbocycles. The molecule has 0 aromatic carbocycles. The van der Waals surface area contributed by atoms with Crippen molar-refractivity contribution in [3.63, 3.8) is 0 Å². The van der Waals surface area contributed by atoms with Crippen LogP contribution in [0.3, 0.4) is 0 Å². The number of ether oxygens (including phenoxy) is 2. The van der Waals surface area contributed by atoms with Crippen molar-refractivity contribution in [1.29, 1.82) is 0 Å². The van der Waals surface area contributed by atoms with Crippen LogP contribution in [0.25, 0.3) is 0 Å². The van der Waals surface area contributed by atoms with Gasteiger partial charge in [-0.2, -0.15) is 0 Å². The fourth-order valence-electron chi connectivity index (χ4n) is 1.67. The maximum atomic E-state index is 11.7. The zero-order valence-electron chi connectivity index (χ0n) is 19.6. The molecule has 0 bridgehead atoms. The quantitative estimate of drug-likeness (QED) is 0.0438.